The van der Waals surface area contributed by atoms with Crippen LogP contribution >= 0.6 is 11.6 Å². The molecule has 0 aliphatic heterocycles. The van der Waals surface area contributed by atoms with E-state index in [4.69, 9.17) is 16.3 Å². The van der Waals surface area contributed by atoms with Gasteiger partial charge in [-0.05, 0) is 24.6 Å². The van der Waals surface area contributed by atoms with Gasteiger partial charge in [-0.1, -0.05) is 11.6 Å². The van der Waals surface area contributed by atoms with Gasteiger partial charge in [-0.25, -0.2) is 0 Å². The Bertz CT molecular complexity index is 487. The number of carbonyl (C=O) groups excluding carboxylic acids is 2. The van der Waals surface area contributed by atoms with Gasteiger partial charge < -0.3 is 14.4 Å². The number of rotatable bonds is 4. The fourth-order valence-electron chi connectivity index (χ4n) is 1.63. The van der Waals surface area contributed by atoms with E-state index >= 15 is 0 Å². The van der Waals surface area contributed by atoms with E-state index in [9.17, 15) is 9.59 Å². The smallest absolute Gasteiger partial charge is 0.254 e. The van der Waals surface area contributed by atoms with E-state index in [1.165, 1.54) is 4.90 Å². The van der Waals surface area contributed by atoms with Crippen LogP contribution < -0.4 is 4.74 Å². The van der Waals surface area contributed by atoms with Crippen LogP contribution in [0, 0.1) is 5.92 Å². The minimum Gasteiger partial charge on any atom is -0.490 e. The van der Waals surface area contributed by atoms with Gasteiger partial charge in [0, 0.05) is 14.1 Å². The summed E-state index contributed by atoms with van der Waals surface area (Å²) in [7, 11) is 3.34. The first-order valence-electron chi connectivity index (χ1n) is 5.66. The topological polar surface area (TPSA) is 46.6 Å². The van der Waals surface area contributed by atoms with Crippen LogP contribution in [0.1, 0.15) is 16.8 Å². The number of aldehydes is 1. The molecule has 0 N–H and O–H groups in total. The molecular formula is C13H14ClNO3. The zero-order valence-corrected chi connectivity index (χ0v) is 11.0. The standard InChI is InChI=1S/C13H14ClNO3/c1-15(2)13(17)10-4-3-9(6-11(10)14)18-12-5-8(12)7-16/h3-4,6-8,12H,5H2,1-2H3. The highest BCUT2D eigenvalue weighted by Gasteiger charge is 2.39. The fraction of sp³-hybridized carbons (Fsp3) is 0.385. The summed E-state index contributed by atoms with van der Waals surface area (Å²) >= 11 is 6.05. The summed E-state index contributed by atoms with van der Waals surface area (Å²) in [5, 5.41) is 0.356. The molecule has 1 aromatic carbocycles. The van der Waals surface area contributed by atoms with Crippen LogP contribution in [0.15, 0.2) is 18.2 Å². The lowest BCUT2D eigenvalue weighted by molar-refractivity contribution is -0.109. The van der Waals surface area contributed by atoms with Gasteiger partial charge in [0.2, 0.25) is 0 Å². The van der Waals surface area contributed by atoms with Crippen molar-refractivity contribution in [2.75, 3.05) is 14.1 Å². The molecule has 0 bridgehead atoms. The molecule has 1 amide bonds. The zero-order chi connectivity index (χ0) is 13.3. The molecule has 5 heteroatoms. The molecule has 1 saturated carbocycles. The molecule has 2 atom stereocenters. The van der Waals surface area contributed by atoms with Gasteiger partial charge in [-0.15, -0.1) is 0 Å². The van der Waals surface area contributed by atoms with Gasteiger partial charge in [0.05, 0.1) is 16.5 Å². The van der Waals surface area contributed by atoms with Crippen molar-refractivity contribution in [3.63, 3.8) is 0 Å². The number of amides is 1. The Kier molecular flexibility index (Phi) is 3.57. The van der Waals surface area contributed by atoms with Crippen molar-refractivity contribution in [2.45, 2.75) is 12.5 Å². The number of hydrogen-bond acceptors (Lipinski definition) is 3. The zero-order valence-electron chi connectivity index (χ0n) is 10.2. The minimum absolute atomic E-state index is 0.00754. The number of carbonyl (C=O) groups is 2. The van der Waals surface area contributed by atoms with E-state index in [0.29, 0.717) is 16.3 Å². The summed E-state index contributed by atoms with van der Waals surface area (Å²) < 4.78 is 5.56. The largest absolute Gasteiger partial charge is 0.490 e. The molecule has 0 aromatic heterocycles. The molecule has 1 fully saturated rings. The van der Waals surface area contributed by atoms with Gasteiger partial charge in [-0.2, -0.15) is 0 Å². The van der Waals surface area contributed by atoms with Crippen molar-refractivity contribution in [3.05, 3.63) is 28.8 Å². The van der Waals surface area contributed by atoms with Crippen LogP contribution in [-0.4, -0.2) is 37.3 Å². The van der Waals surface area contributed by atoms with Gasteiger partial charge >= 0.3 is 0 Å². The molecule has 1 aromatic rings. The number of ether oxygens (including phenoxy) is 1. The van der Waals surface area contributed by atoms with E-state index in [1.807, 2.05) is 0 Å². The first kappa shape index (κ1) is 12.9. The van der Waals surface area contributed by atoms with Crippen molar-refractivity contribution >= 4 is 23.8 Å². The summed E-state index contributed by atoms with van der Waals surface area (Å²) in [6, 6.07) is 4.94. The summed E-state index contributed by atoms with van der Waals surface area (Å²) in [5.41, 5.74) is 0.441. The first-order chi connectivity index (χ1) is 8.52. The molecule has 18 heavy (non-hydrogen) atoms. The normalized spacial score (nSPS) is 21.3. The lowest BCUT2D eigenvalue weighted by Crippen LogP contribution is -2.21. The third-order valence-electron chi connectivity index (χ3n) is 2.82. The van der Waals surface area contributed by atoms with E-state index in [2.05, 4.69) is 0 Å². The number of nitrogens with zero attached hydrogens (tertiary/aromatic N) is 1. The predicted molar refractivity (Wildman–Crippen MR) is 68.1 cm³/mol. The molecule has 4 nitrogen and oxygen atoms in total. The Balaban J connectivity index is 2.10. The van der Waals surface area contributed by atoms with Gasteiger partial charge in [-0.3, -0.25) is 4.79 Å². The third kappa shape index (κ3) is 2.64. The maximum absolute atomic E-state index is 11.8. The SMILES string of the molecule is CN(C)C(=O)c1ccc(OC2CC2C=O)cc1Cl. The Hall–Kier alpha value is -1.55. The molecule has 2 unspecified atom stereocenters. The average Bonchev–Trinajstić information content (AvgIpc) is 3.06. The van der Waals surface area contributed by atoms with Crippen LogP contribution in [0.5, 0.6) is 5.75 Å². The lowest BCUT2D eigenvalue weighted by Gasteiger charge is -2.12. The number of benzene rings is 1. The van der Waals surface area contributed by atoms with Crippen LogP contribution in [0.25, 0.3) is 0 Å². The molecule has 1 aliphatic rings. The second kappa shape index (κ2) is 4.98. The van der Waals surface area contributed by atoms with Crippen molar-refractivity contribution in [2.24, 2.45) is 5.92 Å². The van der Waals surface area contributed by atoms with E-state index in [-0.39, 0.29) is 17.9 Å². The third-order valence-corrected chi connectivity index (χ3v) is 3.13. The van der Waals surface area contributed by atoms with E-state index in [1.54, 1.807) is 32.3 Å². The second-order valence-electron chi connectivity index (χ2n) is 4.53. The summed E-state index contributed by atoms with van der Waals surface area (Å²) in [6.45, 7) is 0. The van der Waals surface area contributed by atoms with Crippen molar-refractivity contribution < 1.29 is 14.3 Å². The average molecular weight is 268 g/mol. The molecule has 0 saturated heterocycles. The second-order valence-corrected chi connectivity index (χ2v) is 4.94. The molecule has 0 heterocycles. The highest BCUT2D eigenvalue weighted by Crippen LogP contribution is 2.34. The number of halogens is 1. The summed E-state index contributed by atoms with van der Waals surface area (Å²) in [6.07, 6.45) is 1.60. The predicted octanol–water partition coefficient (Wildman–Crippen LogP) is 2.01. The van der Waals surface area contributed by atoms with Crippen LogP contribution in [-0.2, 0) is 4.79 Å². The molecule has 0 spiro atoms. The Morgan fingerprint density at radius 1 is 1.50 bits per heavy atom. The molecule has 1 aliphatic carbocycles. The van der Waals surface area contributed by atoms with Gasteiger partial charge in [0.25, 0.3) is 5.91 Å². The summed E-state index contributed by atoms with van der Waals surface area (Å²) in [5.74, 6) is 0.431. The van der Waals surface area contributed by atoms with E-state index in [0.717, 1.165) is 12.7 Å². The first-order valence-corrected chi connectivity index (χ1v) is 6.04. The quantitative estimate of drug-likeness (QED) is 0.784. The fourth-order valence-corrected chi connectivity index (χ4v) is 1.88. The van der Waals surface area contributed by atoms with Crippen molar-refractivity contribution in [1.82, 2.24) is 4.90 Å². The minimum atomic E-state index is -0.149. The monoisotopic (exact) mass is 267 g/mol. The maximum atomic E-state index is 11.8. The van der Waals surface area contributed by atoms with Crippen LogP contribution in [0.4, 0.5) is 0 Å². The van der Waals surface area contributed by atoms with Crippen LogP contribution in [0.2, 0.25) is 5.02 Å². The van der Waals surface area contributed by atoms with Gasteiger partial charge in [0.15, 0.2) is 0 Å². The van der Waals surface area contributed by atoms with Crippen LogP contribution in [0.3, 0.4) is 0 Å². The highest BCUT2D eigenvalue weighted by atomic mass is 35.5. The Morgan fingerprint density at radius 2 is 2.22 bits per heavy atom. The molecule has 96 valence electrons. The van der Waals surface area contributed by atoms with Crippen molar-refractivity contribution in [3.8, 4) is 5.75 Å². The molecular weight excluding hydrogens is 254 g/mol. The highest BCUT2D eigenvalue weighted by molar-refractivity contribution is 6.34. The lowest BCUT2D eigenvalue weighted by atomic mass is 10.2. The van der Waals surface area contributed by atoms with E-state index < -0.39 is 0 Å². The van der Waals surface area contributed by atoms with Crippen molar-refractivity contribution in [1.29, 1.82) is 0 Å². The maximum Gasteiger partial charge on any atom is 0.254 e. The number of hydrogen-bond donors (Lipinski definition) is 0. The molecule has 0 radical (unpaired) electrons. The summed E-state index contributed by atoms with van der Waals surface area (Å²) in [4.78, 5) is 23.7. The molecule has 2 rings (SSSR count). The van der Waals surface area contributed by atoms with Gasteiger partial charge in [0.1, 0.15) is 18.1 Å². The Labute approximate surface area is 110 Å². The Morgan fingerprint density at radius 3 is 2.72 bits per heavy atom.